The zero-order chi connectivity index (χ0) is 12.5. The van der Waals surface area contributed by atoms with E-state index in [-0.39, 0.29) is 11.8 Å². The molecule has 0 saturated carbocycles. The Balaban J connectivity index is 1.93. The summed E-state index contributed by atoms with van der Waals surface area (Å²) >= 11 is 0. The van der Waals surface area contributed by atoms with Gasteiger partial charge in [0.1, 0.15) is 0 Å². The van der Waals surface area contributed by atoms with Gasteiger partial charge < -0.3 is 0 Å². The van der Waals surface area contributed by atoms with Crippen molar-refractivity contribution in [3.8, 4) is 0 Å². The van der Waals surface area contributed by atoms with Gasteiger partial charge in [0.2, 0.25) is 0 Å². The molecule has 2 amide bonds. The van der Waals surface area contributed by atoms with E-state index < -0.39 is 0 Å². The number of fused-ring (bicyclic) bond motifs is 1. The molecular weight excluding hydrogens is 226 g/mol. The molecular formula is C15H10NO2. The lowest BCUT2D eigenvalue weighted by Gasteiger charge is -2.12. The van der Waals surface area contributed by atoms with Crippen LogP contribution in [0.1, 0.15) is 26.3 Å². The van der Waals surface area contributed by atoms with E-state index in [1.807, 2.05) is 30.3 Å². The number of carbonyl (C=O) groups excluding carboxylic acids is 2. The SMILES string of the molecule is O=C1c2ccccc2C(=O)N1[CH]c1ccccc1. The maximum atomic E-state index is 12.1. The van der Waals surface area contributed by atoms with Gasteiger partial charge in [0.25, 0.3) is 11.8 Å². The lowest BCUT2D eigenvalue weighted by molar-refractivity contribution is 0.0702. The second-order valence-electron chi connectivity index (χ2n) is 4.07. The molecule has 0 spiro atoms. The van der Waals surface area contributed by atoms with Gasteiger partial charge in [-0.1, -0.05) is 42.5 Å². The van der Waals surface area contributed by atoms with Crippen LogP contribution in [0.15, 0.2) is 54.6 Å². The second kappa shape index (κ2) is 4.11. The van der Waals surface area contributed by atoms with Crippen LogP contribution in [-0.2, 0) is 0 Å². The van der Waals surface area contributed by atoms with E-state index in [1.54, 1.807) is 30.8 Å². The summed E-state index contributed by atoms with van der Waals surface area (Å²) in [6.07, 6.45) is 0. The predicted octanol–water partition coefficient (Wildman–Crippen LogP) is 2.49. The van der Waals surface area contributed by atoms with Gasteiger partial charge in [-0.05, 0) is 17.7 Å². The molecule has 0 N–H and O–H groups in total. The molecule has 1 heterocycles. The van der Waals surface area contributed by atoms with Gasteiger partial charge in [-0.15, -0.1) is 0 Å². The van der Waals surface area contributed by atoms with Gasteiger partial charge in [0, 0.05) is 0 Å². The molecule has 2 aromatic rings. The van der Waals surface area contributed by atoms with Crippen LogP contribution in [0.2, 0.25) is 0 Å². The summed E-state index contributed by atoms with van der Waals surface area (Å²) in [6, 6.07) is 16.2. The van der Waals surface area contributed by atoms with Crippen molar-refractivity contribution in [3.63, 3.8) is 0 Å². The summed E-state index contributed by atoms with van der Waals surface area (Å²) in [4.78, 5) is 25.3. The van der Waals surface area contributed by atoms with Crippen LogP contribution < -0.4 is 0 Å². The van der Waals surface area contributed by atoms with Crippen LogP contribution in [0, 0.1) is 6.54 Å². The highest BCUT2D eigenvalue weighted by Gasteiger charge is 2.35. The largest absolute Gasteiger partial charge is 0.269 e. The molecule has 3 rings (SSSR count). The number of hydrogen-bond donors (Lipinski definition) is 0. The summed E-state index contributed by atoms with van der Waals surface area (Å²) in [7, 11) is 0. The number of carbonyl (C=O) groups is 2. The summed E-state index contributed by atoms with van der Waals surface area (Å²) < 4.78 is 0. The fraction of sp³-hybridized carbons (Fsp3) is 0. The van der Waals surface area contributed by atoms with Crippen LogP contribution in [0.4, 0.5) is 0 Å². The van der Waals surface area contributed by atoms with Gasteiger partial charge in [-0.3, -0.25) is 14.5 Å². The van der Waals surface area contributed by atoms with Crippen LogP contribution >= 0.6 is 0 Å². The van der Waals surface area contributed by atoms with Crippen molar-refractivity contribution in [2.75, 3.05) is 0 Å². The number of benzene rings is 2. The second-order valence-corrected chi connectivity index (χ2v) is 4.07. The summed E-state index contributed by atoms with van der Waals surface area (Å²) in [5.74, 6) is -0.529. The minimum absolute atomic E-state index is 0.264. The molecule has 2 aromatic carbocycles. The molecule has 1 aliphatic heterocycles. The van der Waals surface area contributed by atoms with Crippen molar-refractivity contribution in [1.29, 1.82) is 0 Å². The van der Waals surface area contributed by atoms with Crippen LogP contribution in [0.25, 0.3) is 0 Å². The first-order valence-corrected chi connectivity index (χ1v) is 5.64. The molecule has 3 nitrogen and oxygen atoms in total. The van der Waals surface area contributed by atoms with E-state index in [1.165, 1.54) is 4.90 Å². The van der Waals surface area contributed by atoms with E-state index in [4.69, 9.17) is 0 Å². The molecule has 3 heteroatoms. The maximum Gasteiger partial charge on any atom is 0.262 e. The molecule has 0 saturated heterocycles. The highest BCUT2D eigenvalue weighted by molar-refractivity contribution is 6.22. The van der Waals surface area contributed by atoms with Gasteiger partial charge in [-0.2, -0.15) is 0 Å². The number of rotatable bonds is 2. The fourth-order valence-electron chi connectivity index (χ4n) is 2.01. The molecule has 1 radical (unpaired) electrons. The Morgan fingerprint density at radius 3 is 1.78 bits per heavy atom. The lowest BCUT2D eigenvalue weighted by Crippen LogP contribution is -2.27. The number of amides is 2. The van der Waals surface area contributed by atoms with Crippen LogP contribution in [0.5, 0.6) is 0 Å². The Kier molecular flexibility index (Phi) is 2.45. The zero-order valence-corrected chi connectivity index (χ0v) is 9.54. The van der Waals surface area contributed by atoms with Crippen molar-refractivity contribution in [2.45, 2.75) is 0 Å². The molecule has 0 fully saturated rings. The highest BCUT2D eigenvalue weighted by Crippen LogP contribution is 2.24. The first kappa shape index (κ1) is 10.7. The molecule has 0 atom stereocenters. The summed E-state index contributed by atoms with van der Waals surface area (Å²) in [6.45, 7) is 1.57. The molecule has 0 unspecified atom stereocenters. The van der Waals surface area contributed by atoms with E-state index >= 15 is 0 Å². The Morgan fingerprint density at radius 1 is 0.722 bits per heavy atom. The molecule has 87 valence electrons. The normalized spacial score (nSPS) is 13.9. The first-order valence-electron chi connectivity index (χ1n) is 5.64. The van der Waals surface area contributed by atoms with Crippen molar-refractivity contribution in [2.24, 2.45) is 0 Å². The molecule has 0 aliphatic carbocycles. The third-order valence-corrected chi connectivity index (χ3v) is 2.90. The van der Waals surface area contributed by atoms with E-state index in [2.05, 4.69) is 0 Å². The van der Waals surface area contributed by atoms with E-state index in [0.717, 1.165) is 5.56 Å². The number of imide groups is 1. The van der Waals surface area contributed by atoms with Gasteiger partial charge in [0.05, 0.1) is 17.7 Å². The van der Waals surface area contributed by atoms with Crippen molar-refractivity contribution in [3.05, 3.63) is 77.8 Å². The number of hydrogen-bond acceptors (Lipinski definition) is 2. The molecule has 0 aromatic heterocycles. The summed E-state index contributed by atoms with van der Waals surface area (Å²) in [5.41, 5.74) is 1.76. The predicted molar refractivity (Wildman–Crippen MR) is 66.8 cm³/mol. The quantitative estimate of drug-likeness (QED) is 0.751. The number of nitrogens with zero attached hydrogens (tertiary/aromatic N) is 1. The third kappa shape index (κ3) is 1.61. The van der Waals surface area contributed by atoms with E-state index in [0.29, 0.717) is 11.1 Å². The average Bonchev–Trinajstić information content (AvgIpc) is 2.66. The highest BCUT2D eigenvalue weighted by atomic mass is 16.2. The smallest absolute Gasteiger partial charge is 0.262 e. The van der Waals surface area contributed by atoms with Gasteiger partial charge >= 0.3 is 0 Å². The lowest BCUT2D eigenvalue weighted by atomic mass is 10.1. The van der Waals surface area contributed by atoms with Crippen molar-refractivity contribution in [1.82, 2.24) is 4.90 Å². The van der Waals surface area contributed by atoms with E-state index in [9.17, 15) is 9.59 Å². The minimum atomic E-state index is -0.264. The maximum absolute atomic E-state index is 12.1. The Bertz CT molecular complexity index is 584. The molecule has 1 aliphatic rings. The Hall–Kier alpha value is -2.42. The van der Waals surface area contributed by atoms with Crippen molar-refractivity contribution >= 4 is 11.8 Å². The fourth-order valence-corrected chi connectivity index (χ4v) is 2.01. The molecule has 18 heavy (non-hydrogen) atoms. The Morgan fingerprint density at radius 2 is 1.22 bits per heavy atom. The van der Waals surface area contributed by atoms with Gasteiger partial charge in [-0.25, -0.2) is 0 Å². The van der Waals surface area contributed by atoms with Crippen molar-refractivity contribution < 1.29 is 9.59 Å². The molecule has 0 bridgehead atoms. The first-order chi connectivity index (χ1) is 8.77. The third-order valence-electron chi connectivity index (χ3n) is 2.90. The Labute approximate surface area is 105 Å². The summed E-state index contributed by atoms with van der Waals surface area (Å²) in [5, 5.41) is 0. The standard InChI is InChI=1S/C15H10NO2/c17-14-12-8-4-5-9-13(12)15(18)16(14)10-11-6-2-1-3-7-11/h1-10H. The monoisotopic (exact) mass is 236 g/mol. The zero-order valence-electron chi connectivity index (χ0n) is 9.54. The topological polar surface area (TPSA) is 37.4 Å². The van der Waals surface area contributed by atoms with Gasteiger partial charge in [0.15, 0.2) is 0 Å². The van der Waals surface area contributed by atoms with Crippen LogP contribution in [0.3, 0.4) is 0 Å². The van der Waals surface area contributed by atoms with Crippen LogP contribution in [-0.4, -0.2) is 16.7 Å². The minimum Gasteiger partial charge on any atom is -0.269 e. The average molecular weight is 236 g/mol.